The van der Waals surface area contributed by atoms with E-state index in [1.165, 1.54) is 0 Å². The molecule has 2 bridgehead atoms. The van der Waals surface area contributed by atoms with E-state index in [1.807, 2.05) is 19.1 Å². The molecule has 0 amide bonds. The van der Waals surface area contributed by atoms with Crippen LogP contribution >= 0.6 is 0 Å². The van der Waals surface area contributed by atoms with E-state index in [-0.39, 0.29) is 12.2 Å². The maximum Gasteiger partial charge on any atom is 0.337 e. The van der Waals surface area contributed by atoms with Gasteiger partial charge in [-0.3, -0.25) is 0 Å². The van der Waals surface area contributed by atoms with Crippen molar-refractivity contribution in [3.63, 3.8) is 0 Å². The van der Waals surface area contributed by atoms with Crippen molar-refractivity contribution in [3.05, 3.63) is 29.3 Å². The van der Waals surface area contributed by atoms with Gasteiger partial charge in [0.15, 0.2) is 0 Å². The van der Waals surface area contributed by atoms with Gasteiger partial charge in [0.05, 0.1) is 23.5 Å². The third kappa shape index (κ3) is 1.97. The predicted molar refractivity (Wildman–Crippen MR) is 68.2 cm³/mol. The largest absolute Gasteiger partial charge is 0.478 e. The molecule has 4 nitrogen and oxygen atoms in total. The van der Waals surface area contributed by atoms with Crippen LogP contribution in [0.2, 0.25) is 0 Å². The number of rotatable bonds is 2. The number of carbonyl (C=O) groups is 1. The molecule has 1 aromatic carbocycles. The summed E-state index contributed by atoms with van der Waals surface area (Å²) in [4.78, 5) is 13.5. The zero-order valence-electron chi connectivity index (χ0n) is 10.4. The van der Waals surface area contributed by atoms with E-state index in [0.29, 0.717) is 5.56 Å². The van der Waals surface area contributed by atoms with Gasteiger partial charge in [0.2, 0.25) is 0 Å². The Morgan fingerprint density at radius 1 is 1.33 bits per heavy atom. The maximum atomic E-state index is 11.3. The fourth-order valence-corrected chi connectivity index (χ4v) is 2.90. The van der Waals surface area contributed by atoms with Crippen LogP contribution in [0.25, 0.3) is 0 Å². The number of nitrogens with zero attached hydrogens (tertiary/aromatic N) is 1. The summed E-state index contributed by atoms with van der Waals surface area (Å²) in [7, 11) is 0. The third-order valence-electron chi connectivity index (χ3n) is 3.77. The van der Waals surface area contributed by atoms with E-state index >= 15 is 0 Å². The van der Waals surface area contributed by atoms with Crippen LogP contribution in [0.4, 0.5) is 5.69 Å². The average Bonchev–Trinajstić information content (AvgIpc) is 2.67. The molecule has 1 N–H and O–H groups in total. The van der Waals surface area contributed by atoms with Gasteiger partial charge < -0.3 is 14.7 Å². The Labute approximate surface area is 106 Å². The number of carboxylic acid groups (broad SMARTS) is 1. The monoisotopic (exact) mass is 247 g/mol. The van der Waals surface area contributed by atoms with Crippen LogP contribution in [0.1, 0.15) is 28.8 Å². The summed E-state index contributed by atoms with van der Waals surface area (Å²) in [6, 6.07) is 5.51. The van der Waals surface area contributed by atoms with Crippen LogP contribution in [-0.4, -0.2) is 36.4 Å². The summed E-state index contributed by atoms with van der Waals surface area (Å²) in [5, 5.41) is 9.28. The van der Waals surface area contributed by atoms with Crippen LogP contribution < -0.4 is 4.90 Å². The highest BCUT2D eigenvalue weighted by Gasteiger charge is 2.34. The molecule has 18 heavy (non-hydrogen) atoms. The van der Waals surface area contributed by atoms with E-state index in [0.717, 1.165) is 37.2 Å². The molecule has 1 aromatic rings. The fraction of sp³-hybridized carbons (Fsp3) is 0.500. The predicted octanol–water partition coefficient (Wildman–Crippen LogP) is 2.06. The lowest BCUT2D eigenvalue weighted by atomic mass is 10.1. The molecular formula is C14H17NO3. The van der Waals surface area contributed by atoms with Crippen molar-refractivity contribution in [3.8, 4) is 0 Å². The minimum absolute atomic E-state index is 0.269. The first kappa shape index (κ1) is 11.5. The summed E-state index contributed by atoms with van der Waals surface area (Å²) in [6.45, 7) is 3.60. The number of hydrogen-bond acceptors (Lipinski definition) is 3. The molecule has 0 spiro atoms. The normalized spacial score (nSPS) is 26.4. The number of fused-ring (bicyclic) bond motifs is 2. The molecule has 2 unspecified atom stereocenters. The lowest BCUT2D eigenvalue weighted by molar-refractivity contribution is 0.0303. The number of aryl methyl sites for hydroxylation is 1. The molecule has 2 aliphatic rings. The first-order valence-corrected chi connectivity index (χ1v) is 6.38. The number of aromatic carboxylic acids is 1. The Hall–Kier alpha value is -1.55. The zero-order chi connectivity index (χ0) is 12.7. The fourth-order valence-electron chi connectivity index (χ4n) is 2.90. The average molecular weight is 247 g/mol. The van der Waals surface area contributed by atoms with E-state index in [9.17, 15) is 9.90 Å². The van der Waals surface area contributed by atoms with E-state index in [2.05, 4.69) is 4.90 Å². The van der Waals surface area contributed by atoms with Gasteiger partial charge in [0, 0.05) is 13.1 Å². The van der Waals surface area contributed by atoms with Crippen LogP contribution in [-0.2, 0) is 4.74 Å². The Morgan fingerprint density at radius 2 is 2.00 bits per heavy atom. The highest BCUT2D eigenvalue weighted by atomic mass is 16.5. The minimum Gasteiger partial charge on any atom is -0.478 e. The van der Waals surface area contributed by atoms with Crippen molar-refractivity contribution in [1.29, 1.82) is 0 Å². The number of ether oxygens (including phenoxy) is 1. The Bertz CT molecular complexity index is 474. The Kier molecular flexibility index (Phi) is 2.74. The number of anilines is 1. The standard InChI is InChI=1S/C14H17NO3/c1-9-2-5-12(14(16)17)13(6-9)15-7-10-3-4-11(8-15)18-10/h2,5-6,10-11H,3-4,7-8H2,1H3,(H,16,17). The molecule has 96 valence electrons. The van der Waals surface area contributed by atoms with Gasteiger partial charge in [-0.05, 0) is 37.5 Å². The van der Waals surface area contributed by atoms with Crippen molar-refractivity contribution in [2.75, 3.05) is 18.0 Å². The molecule has 0 radical (unpaired) electrons. The second-order valence-electron chi connectivity index (χ2n) is 5.19. The quantitative estimate of drug-likeness (QED) is 0.869. The van der Waals surface area contributed by atoms with Crippen molar-refractivity contribution < 1.29 is 14.6 Å². The van der Waals surface area contributed by atoms with Crippen molar-refractivity contribution in [2.24, 2.45) is 0 Å². The van der Waals surface area contributed by atoms with Crippen molar-refractivity contribution in [1.82, 2.24) is 0 Å². The third-order valence-corrected chi connectivity index (χ3v) is 3.77. The molecule has 2 fully saturated rings. The smallest absolute Gasteiger partial charge is 0.337 e. The van der Waals surface area contributed by atoms with Crippen molar-refractivity contribution in [2.45, 2.75) is 32.0 Å². The van der Waals surface area contributed by atoms with Crippen LogP contribution in [0, 0.1) is 6.92 Å². The molecule has 2 saturated heterocycles. The van der Waals surface area contributed by atoms with Gasteiger partial charge >= 0.3 is 5.97 Å². The highest BCUT2D eigenvalue weighted by molar-refractivity contribution is 5.94. The van der Waals surface area contributed by atoms with Gasteiger partial charge in [0.25, 0.3) is 0 Å². The highest BCUT2D eigenvalue weighted by Crippen LogP contribution is 2.31. The molecule has 0 aliphatic carbocycles. The zero-order valence-corrected chi connectivity index (χ0v) is 10.4. The van der Waals surface area contributed by atoms with E-state index in [1.54, 1.807) is 6.07 Å². The van der Waals surface area contributed by atoms with E-state index in [4.69, 9.17) is 4.74 Å². The summed E-state index contributed by atoms with van der Waals surface area (Å²) >= 11 is 0. The lowest BCUT2D eigenvalue weighted by Gasteiger charge is -2.34. The van der Waals surface area contributed by atoms with Crippen molar-refractivity contribution >= 4 is 11.7 Å². The molecule has 0 saturated carbocycles. The van der Waals surface area contributed by atoms with Gasteiger partial charge in [-0.2, -0.15) is 0 Å². The number of benzene rings is 1. The molecular weight excluding hydrogens is 230 g/mol. The Morgan fingerprint density at radius 3 is 2.61 bits per heavy atom. The second kappa shape index (κ2) is 4.28. The summed E-state index contributed by atoms with van der Waals surface area (Å²) in [5.41, 5.74) is 2.32. The van der Waals surface area contributed by atoms with Gasteiger partial charge in [-0.15, -0.1) is 0 Å². The molecule has 4 heteroatoms. The minimum atomic E-state index is -0.858. The molecule has 2 heterocycles. The lowest BCUT2D eigenvalue weighted by Crippen LogP contribution is -2.43. The SMILES string of the molecule is Cc1ccc(C(=O)O)c(N2CC3CCC(C2)O3)c1. The topological polar surface area (TPSA) is 49.8 Å². The number of carboxylic acids is 1. The number of morpholine rings is 1. The van der Waals surface area contributed by atoms with Crippen LogP contribution in [0.3, 0.4) is 0 Å². The van der Waals surface area contributed by atoms with Crippen LogP contribution in [0.15, 0.2) is 18.2 Å². The summed E-state index contributed by atoms with van der Waals surface area (Å²) in [5.74, 6) is -0.858. The van der Waals surface area contributed by atoms with Gasteiger partial charge in [0.1, 0.15) is 0 Å². The van der Waals surface area contributed by atoms with E-state index < -0.39 is 5.97 Å². The summed E-state index contributed by atoms with van der Waals surface area (Å²) < 4.78 is 5.79. The van der Waals surface area contributed by atoms with Gasteiger partial charge in [-0.25, -0.2) is 4.79 Å². The first-order chi connectivity index (χ1) is 8.63. The molecule has 2 atom stereocenters. The van der Waals surface area contributed by atoms with Crippen LogP contribution in [0.5, 0.6) is 0 Å². The number of hydrogen-bond donors (Lipinski definition) is 1. The molecule has 0 aromatic heterocycles. The molecule has 3 rings (SSSR count). The molecule has 2 aliphatic heterocycles. The Balaban J connectivity index is 1.95. The first-order valence-electron chi connectivity index (χ1n) is 6.38. The maximum absolute atomic E-state index is 11.3. The van der Waals surface area contributed by atoms with Gasteiger partial charge in [-0.1, -0.05) is 6.07 Å². The second-order valence-corrected chi connectivity index (χ2v) is 5.19. The summed E-state index contributed by atoms with van der Waals surface area (Å²) in [6.07, 6.45) is 2.72.